The van der Waals surface area contributed by atoms with Gasteiger partial charge in [-0.05, 0) is 80.5 Å². The Morgan fingerprint density at radius 3 is 2.57 bits per heavy atom. The number of amides is 1. The lowest BCUT2D eigenvalue weighted by molar-refractivity contribution is -0.123. The van der Waals surface area contributed by atoms with E-state index >= 15 is 0 Å². The van der Waals surface area contributed by atoms with E-state index in [4.69, 9.17) is 4.74 Å². The summed E-state index contributed by atoms with van der Waals surface area (Å²) < 4.78 is 29.4. The highest BCUT2D eigenvalue weighted by molar-refractivity contribution is 7.89. The molecule has 1 saturated carbocycles. The molecule has 0 unspecified atom stereocenters. The molecule has 2 fully saturated rings. The molecule has 37 heavy (non-hydrogen) atoms. The van der Waals surface area contributed by atoms with Crippen molar-refractivity contribution < 1.29 is 17.9 Å². The van der Waals surface area contributed by atoms with Gasteiger partial charge >= 0.3 is 0 Å². The van der Waals surface area contributed by atoms with Crippen LogP contribution in [0.2, 0.25) is 0 Å². The molecule has 2 aromatic carbocycles. The van der Waals surface area contributed by atoms with Gasteiger partial charge in [-0.25, -0.2) is 8.42 Å². The van der Waals surface area contributed by atoms with Crippen LogP contribution in [0.1, 0.15) is 49.3 Å². The average molecular weight is 528 g/mol. The van der Waals surface area contributed by atoms with Crippen LogP contribution in [0.3, 0.4) is 0 Å². The molecule has 4 rings (SSSR count). The lowest BCUT2D eigenvalue weighted by Gasteiger charge is -2.32. The van der Waals surface area contributed by atoms with Crippen LogP contribution in [0.15, 0.2) is 42.5 Å². The molecular formula is C29H41N3O4S. The van der Waals surface area contributed by atoms with Gasteiger partial charge in [0.25, 0.3) is 0 Å². The maximum Gasteiger partial charge on any atom is 0.229 e. The normalized spacial score (nSPS) is 23.0. The highest BCUT2D eigenvalue weighted by Crippen LogP contribution is 2.31. The van der Waals surface area contributed by atoms with Crippen molar-refractivity contribution in [3.63, 3.8) is 0 Å². The summed E-state index contributed by atoms with van der Waals surface area (Å²) in [4.78, 5) is 17.6. The molecule has 202 valence electrons. The van der Waals surface area contributed by atoms with Gasteiger partial charge in [-0.1, -0.05) is 18.2 Å². The molecule has 1 amide bonds. The number of piperazine rings is 1. The van der Waals surface area contributed by atoms with Gasteiger partial charge in [0.15, 0.2) is 9.84 Å². The van der Waals surface area contributed by atoms with Crippen molar-refractivity contribution in [2.45, 2.75) is 64.0 Å². The Balaban J connectivity index is 1.30. The van der Waals surface area contributed by atoms with Crippen LogP contribution in [0.5, 0.6) is 5.75 Å². The number of carbonyl (C=O) groups is 1. The number of nitrogens with one attached hydrogen (secondary N) is 1. The Morgan fingerprint density at radius 1 is 1.14 bits per heavy atom. The second kappa shape index (κ2) is 12.0. The lowest BCUT2D eigenvalue weighted by Crippen LogP contribution is -2.48. The van der Waals surface area contributed by atoms with Gasteiger partial charge in [0.2, 0.25) is 5.91 Å². The highest BCUT2D eigenvalue weighted by atomic mass is 32.2. The smallest absolute Gasteiger partial charge is 0.229 e. The van der Waals surface area contributed by atoms with Crippen molar-refractivity contribution in [1.82, 2.24) is 10.2 Å². The van der Waals surface area contributed by atoms with E-state index in [-0.39, 0.29) is 23.7 Å². The second-order valence-corrected chi connectivity index (χ2v) is 13.0. The zero-order valence-electron chi connectivity index (χ0n) is 22.6. The Labute approximate surface area is 222 Å². The number of sulfone groups is 1. The first-order chi connectivity index (χ1) is 17.6. The Bertz CT molecular complexity index is 1190. The van der Waals surface area contributed by atoms with E-state index in [1.165, 1.54) is 17.4 Å². The minimum absolute atomic E-state index is 0.00712. The zero-order chi connectivity index (χ0) is 26.6. The van der Waals surface area contributed by atoms with E-state index in [0.717, 1.165) is 63.1 Å². The molecule has 1 N–H and O–H groups in total. The number of rotatable bonds is 8. The first-order valence-corrected chi connectivity index (χ1v) is 15.4. The third kappa shape index (κ3) is 7.79. The van der Waals surface area contributed by atoms with E-state index in [9.17, 15) is 13.2 Å². The predicted molar refractivity (Wildman–Crippen MR) is 149 cm³/mol. The van der Waals surface area contributed by atoms with Gasteiger partial charge < -0.3 is 15.0 Å². The van der Waals surface area contributed by atoms with Crippen molar-refractivity contribution in [1.29, 1.82) is 0 Å². The minimum atomic E-state index is -3.09. The molecule has 7 nitrogen and oxygen atoms in total. The molecular weight excluding hydrogens is 486 g/mol. The quantitative estimate of drug-likeness (QED) is 0.560. The molecule has 8 heteroatoms. The van der Waals surface area contributed by atoms with E-state index < -0.39 is 9.84 Å². The van der Waals surface area contributed by atoms with Crippen LogP contribution < -0.4 is 15.0 Å². The number of ether oxygens (including phenoxy) is 1. The SMILES string of the molecule is Cc1cc(N(C)C(=O)[C@H]2CC[C@H](Oc3cccc(CS(C)(=O)=O)c3)CC2)ccc1CN1CCN[C@@H](C)C1. The van der Waals surface area contributed by atoms with Crippen LogP contribution in [0, 0.1) is 12.8 Å². The van der Waals surface area contributed by atoms with Crippen LogP contribution >= 0.6 is 0 Å². The number of hydrogen-bond acceptors (Lipinski definition) is 6. The fraction of sp³-hybridized carbons (Fsp3) is 0.552. The summed E-state index contributed by atoms with van der Waals surface area (Å²) >= 11 is 0. The van der Waals surface area contributed by atoms with Gasteiger partial charge in [-0.15, -0.1) is 0 Å². The number of nitrogens with zero attached hydrogens (tertiary/aromatic N) is 2. The first kappa shape index (κ1) is 27.6. The summed E-state index contributed by atoms with van der Waals surface area (Å²) in [6, 6.07) is 14.2. The zero-order valence-corrected chi connectivity index (χ0v) is 23.4. The summed E-state index contributed by atoms with van der Waals surface area (Å²) in [6.45, 7) is 8.44. The third-order valence-corrected chi connectivity index (χ3v) is 8.40. The molecule has 1 aliphatic carbocycles. The first-order valence-electron chi connectivity index (χ1n) is 13.3. The van der Waals surface area contributed by atoms with Gasteiger partial charge in [-0.3, -0.25) is 9.69 Å². The molecule has 1 aliphatic heterocycles. The van der Waals surface area contributed by atoms with Gasteiger partial charge in [0.1, 0.15) is 5.75 Å². The summed E-state index contributed by atoms with van der Waals surface area (Å²) in [5.74, 6) is 0.854. The lowest BCUT2D eigenvalue weighted by atomic mass is 9.86. The standard InChI is InChI=1S/C29H41N3O4S/c1-21-16-26(11-8-25(21)19-32-15-14-30-22(2)18-32)31(3)29(33)24-9-12-27(13-10-24)36-28-7-5-6-23(17-28)20-37(4,34)35/h5-8,11,16-17,22,24,27,30H,9-10,12-15,18-20H2,1-4H3/t22-,24-,27-/m0/s1. The largest absolute Gasteiger partial charge is 0.490 e. The molecule has 2 aromatic rings. The van der Waals surface area contributed by atoms with Gasteiger partial charge in [-0.2, -0.15) is 0 Å². The van der Waals surface area contributed by atoms with Crippen LogP contribution in [0.4, 0.5) is 5.69 Å². The molecule has 0 spiro atoms. The maximum atomic E-state index is 13.3. The van der Waals surface area contributed by atoms with Gasteiger partial charge in [0, 0.05) is 57.1 Å². The van der Waals surface area contributed by atoms with Crippen molar-refractivity contribution in [2.75, 3.05) is 37.8 Å². The summed E-state index contributed by atoms with van der Waals surface area (Å²) in [7, 11) is -1.21. The summed E-state index contributed by atoms with van der Waals surface area (Å²) in [6.07, 6.45) is 4.46. The molecule has 0 radical (unpaired) electrons. The van der Waals surface area contributed by atoms with Crippen molar-refractivity contribution in [2.24, 2.45) is 5.92 Å². The molecule has 1 atom stereocenters. The number of carbonyl (C=O) groups excluding carboxylic acids is 1. The maximum absolute atomic E-state index is 13.3. The number of benzene rings is 2. The number of hydrogen-bond donors (Lipinski definition) is 1. The van der Waals surface area contributed by atoms with E-state index in [2.05, 4.69) is 42.3 Å². The summed E-state index contributed by atoms with van der Waals surface area (Å²) in [5, 5.41) is 3.49. The molecule has 1 saturated heterocycles. The number of anilines is 1. The fourth-order valence-electron chi connectivity index (χ4n) is 5.50. The Hall–Kier alpha value is -2.42. The predicted octanol–water partition coefficient (Wildman–Crippen LogP) is 3.93. The van der Waals surface area contributed by atoms with E-state index in [1.54, 1.807) is 12.1 Å². The number of aryl methyl sites for hydroxylation is 1. The van der Waals surface area contributed by atoms with Crippen LogP contribution in [-0.4, -0.2) is 64.3 Å². The van der Waals surface area contributed by atoms with Gasteiger partial charge in [0.05, 0.1) is 11.9 Å². The fourth-order valence-corrected chi connectivity index (χ4v) is 6.28. The molecule has 0 aromatic heterocycles. The van der Waals surface area contributed by atoms with Crippen molar-refractivity contribution in [3.05, 3.63) is 59.2 Å². The Morgan fingerprint density at radius 2 is 1.89 bits per heavy atom. The van der Waals surface area contributed by atoms with Crippen LogP contribution in [-0.2, 0) is 26.9 Å². The monoisotopic (exact) mass is 527 g/mol. The van der Waals surface area contributed by atoms with Crippen LogP contribution in [0.25, 0.3) is 0 Å². The third-order valence-electron chi connectivity index (χ3n) is 7.54. The average Bonchev–Trinajstić information content (AvgIpc) is 2.84. The van der Waals surface area contributed by atoms with Crippen molar-refractivity contribution >= 4 is 21.4 Å². The van der Waals surface area contributed by atoms with E-state index in [0.29, 0.717) is 11.8 Å². The van der Waals surface area contributed by atoms with E-state index in [1.807, 2.05) is 24.1 Å². The second-order valence-electron chi connectivity index (χ2n) is 10.9. The minimum Gasteiger partial charge on any atom is -0.490 e. The summed E-state index contributed by atoms with van der Waals surface area (Å²) in [5.41, 5.74) is 4.21. The van der Waals surface area contributed by atoms with Crippen molar-refractivity contribution in [3.8, 4) is 5.75 Å². The molecule has 1 heterocycles. The highest BCUT2D eigenvalue weighted by Gasteiger charge is 2.30. The Kier molecular flexibility index (Phi) is 8.93. The molecule has 2 aliphatic rings. The molecule has 0 bridgehead atoms. The topological polar surface area (TPSA) is 79.0 Å².